The number of fused-ring (bicyclic) bond motifs is 2. The van der Waals surface area contributed by atoms with E-state index in [1.54, 1.807) is 12.1 Å². The molecule has 172 valence electrons. The molecule has 1 aliphatic heterocycles. The fourth-order valence-corrected chi connectivity index (χ4v) is 4.29. The lowest BCUT2D eigenvalue weighted by atomic mass is 9.97. The number of alkyl halides is 3. The van der Waals surface area contributed by atoms with Gasteiger partial charge in [0.15, 0.2) is 5.43 Å². The summed E-state index contributed by atoms with van der Waals surface area (Å²) in [5.41, 5.74) is -0.0699. The molecule has 2 heterocycles. The van der Waals surface area contributed by atoms with E-state index in [-0.39, 0.29) is 28.0 Å². The largest absolute Gasteiger partial charge is 0.450 e. The SMILES string of the molecule is CCc1ccc(C2c3c(oc4ccc(F)cc4c3=O)C(=O)N2c2cccc(C(F)(F)F)c2)cc1. The molecule has 1 amide bonds. The van der Waals surface area contributed by atoms with Crippen molar-refractivity contribution in [2.45, 2.75) is 25.6 Å². The summed E-state index contributed by atoms with van der Waals surface area (Å²) in [7, 11) is 0. The average molecular weight is 467 g/mol. The van der Waals surface area contributed by atoms with Crippen LogP contribution < -0.4 is 10.3 Å². The van der Waals surface area contributed by atoms with E-state index in [1.807, 2.05) is 19.1 Å². The fraction of sp³-hybridized carbons (Fsp3) is 0.154. The molecule has 3 aromatic carbocycles. The number of amides is 1. The van der Waals surface area contributed by atoms with Crippen LogP contribution >= 0.6 is 0 Å². The second kappa shape index (κ2) is 7.83. The molecule has 0 N–H and O–H groups in total. The number of carbonyl (C=O) groups is 1. The minimum atomic E-state index is -4.62. The third kappa shape index (κ3) is 3.46. The molecule has 0 fully saturated rings. The zero-order valence-corrected chi connectivity index (χ0v) is 17.8. The first-order chi connectivity index (χ1) is 16.2. The van der Waals surface area contributed by atoms with Crippen LogP contribution in [0.1, 0.15) is 45.8 Å². The molecule has 0 saturated carbocycles. The Morgan fingerprint density at radius 1 is 0.971 bits per heavy atom. The van der Waals surface area contributed by atoms with Gasteiger partial charge in [0.2, 0.25) is 5.76 Å². The summed E-state index contributed by atoms with van der Waals surface area (Å²) in [5.74, 6) is -1.67. The maximum atomic E-state index is 13.9. The summed E-state index contributed by atoms with van der Waals surface area (Å²) in [6, 6.07) is 13.8. The summed E-state index contributed by atoms with van der Waals surface area (Å²) in [4.78, 5) is 28.0. The van der Waals surface area contributed by atoms with Crippen LogP contribution in [0.25, 0.3) is 11.0 Å². The predicted molar refractivity (Wildman–Crippen MR) is 118 cm³/mol. The maximum absolute atomic E-state index is 13.9. The van der Waals surface area contributed by atoms with Gasteiger partial charge in [-0.15, -0.1) is 0 Å². The molecule has 1 aliphatic rings. The normalized spacial score (nSPS) is 15.7. The van der Waals surface area contributed by atoms with Crippen LogP contribution in [0.2, 0.25) is 0 Å². The molecular weight excluding hydrogens is 450 g/mol. The minimum absolute atomic E-state index is 0.0180. The van der Waals surface area contributed by atoms with Crippen molar-refractivity contribution in [3.8, 4) is 0 Å². The summed E-state index contributed by atoms with van der Waals surface area (Å²) in [5, 5.41) is -0.0485. The van der Waals surface area contributed by atoms with Crippen LogP contribution in [-0.2, 0) is 12.6 Å². The standard InChI is InChI=1S/C26H17F4NO3/c1-2-14-6-8-15(9-7-14)22-21-23(32)19-13-17(27)10-11-20(19)34-24(21)25(33)31(22)18-5-3-4-16(12-18)26(28,29)30/h3-13,22H,2H2,1H3. The highest BCUT2D eigenvalue weighted by atomic mass is 19.4. The third-order valence-electron chi connectivity index (χ3n) is 5.99. The van der Waals surface area contributed by atoms with Gasteiger partial charge in [-0.05, 0) is 53.9 Å². The summed E-state index contributed by atoms with van der Waals surface area (Å²) < 4.78 is 59.8. The number of aryl methyl sites for hydroxylation is 1. The summed E-state index contributed by atoms with van der Waals surface area (Å²) in [6.45, 7) is 1.97. The van der Waals surface area contributed by atoms with Gasteiger partial charge in [-0.3, -0.25) is 14.5 Å². The highest BCUT2D eigenvalue weighted by Gasteiger charge is 2.44. The van der Waals surface area contributed by atoms with Crippen molar-refractivity contribution < 1.29 is 26.8 Å². The van der Waals surface area contributed by atoms with Gasteiger partial charge < -0.3 is 4.42 Å². The topological polar surface area (TPSA) is 50.5 Å². The summed E-state index contributed by atoms with van der Waals surface area (Å²) in [6.07, 6.45) is -3.87. The van der Waals surface area contributed by atoms with Gasteiger partial charge >= 0.3 is 6.18 Å². The number of hydrogen-bond acceptors (Lipinski definition) is 3. The smallest absolute Gasteiger partial charge is 0.416 e. The van der Waals surface area contributed by atoms with E-state index in [0.29, 0.717) is 5.56 Å². The van der Waals surface area contributed by atoms with Gasteiger partial charge in [0.05, 0.1) is 22.6 Å². The molecule has 4 aromatic rings. The van der Waals surface area contributed by atoms with Crippen molar-refractivity contribution in [2.75, 3.05) is 4.90 Å². The Labute approximate surface area is 191 Å². The van der Waals surface area contributed by atoms with Crippen molar-refractivity contribution in [3.05, 3.63) is 111 Å². The predicted octanol–water partition coefficient (Wildman–Crippen LogP) is 6.26. The molecule has 0 aliphatic carbocycles. The zero-order chi connectivity index (χ0) is 24.2. The first-order valence-corrected chi connectivity index (χ1v) is 10.5. The Kier molecular flexibility index (Phi) is 5.04. The van der Waals surface area contributed by atoms with E-state index in [2.05, 4.69) is 0 Å². The Morgan fingerprint density at radius 2 is 1.71 bits per heavy atom. The molecule has 8 heteroatoms. The van der Waals surface area contributed by atoms with Gasteiger partial charge in [0.25, 0.3) is 5.91 Å². The van der Waals surface area contributed by atoms with Crippen LogP contribution in [0.15, 0.2) is 75.9 Å². The quantitative estimate of drug-likeness (QED) is 0.334. The van der Waals surface area contributed by atoms with Crippen molar-refractivity contribution in [1.29, 1.82) is 0 Å². The Balaban J connectivity index is 1.78. The van der Waals surface area contributed by atoms with Gasteiger partial charge in [0.1, 0.15) is 11.4 Å². The molecule has 1 aromatic heterocycles. The second-order valence-corrected chi connectivity index (χ2v) is 8.04. The van der Waals surface area contributed by atoms with E-state index in [1.165, 1.54) is 18.2 Å². The van der Waals surface area contributed by atoms with E-state index in [0.717, 1.165) is 41.1 Å². The number of benzene rings is 3. The molecule has 0 radical (unpaired) electrons. The Hall–Kier alpha value is -3.94. The lowest BCUT2D eigenvalue weighted by Gasteiger charge is -2.26. The van der Waals surface area contributed by atoms with Crippen molar-refractivity contribution in [2.24, 2.45) is 0 Å². The molecule has 0 saturated heterocycles. The maximum Gasteiger partial charge on any atom is 0.416 e. The highest BCUT2D eigenvalue weighted by molar-refractivity contribution is 6.10. The number of carbonyl (C=O) groups excluding carboxylic acids is 1. The molecule has 1 unspecified atom stereocenters. The van der Waals surface area contributed by atoms with Gasteiger partial charge in [-0.25, -0.2) is 4.39 Å². The minimum Gasteiger partial charge on any atom is -0.450 e. The van der Waals surface area contributed by atoms with E-state index in [4.69, 9.17) is 4.42 Å². The molecule has 0 spiro atoms. The molecule has 34 heavy (non-hydrogen) atoms. The van der Waals surface area contributed by atoms with Gasteiger partial charge in [0, 0.05) is 5.69 Å². The van der Waals surface area contributed by atoms with E-state index >= 15 is 0 Å². The van der Waals surface area contributed by atoms with Gasteiger partial charge in [-0.1, -0.05) is 37.3 Å². The third-order valence-corrected chi connectivity index (χ3v) is 5.99. The lowest BCUT2D eigenvalue weighted by molar-refractivity contribution is -0.137. The molecule has 5 rings (SSSR count). The van der Waals surface area contributed by atoms with Crippen LogP contribution in [0.3, 0.4) is 0 Å². The highest BCUT2D eigenvalue weighted by Crippen LogP contribution is 2.42. The first kappa shape index (κ1) is 21.9. The number of nitrogens with zero attached hydrogens (tertiary/aromatic N) is 1. The number of hydrogen-bond donors (Lipinski definition) is 0. The zero-order valence-electron chi connectivity index (χ0n) is 17.8. The first-order valence-electron chi connectivity index (χ1n) is 10.5. The summed E-state index contributed by atoms with van der Waals surface area (Å²) >= 11 is 0. The lowest BCUT2D eigenvalue weighted by Crippen LogP contribution is -2.29. The molecular formula is C26H17F4NO3. The molecule has 1 atom stereocenters. The average Bonchev–Trinajstić information content (AvgIpc) is 3.11. The number of anilines is 1. The van der Waals surface area contributed by atoms with Crippen LogP contribution in [0.5, 0.6) is 0 Å². The monoisotopic (exact) mass is 467 g/mol. The number of rotatable bonds is 3. The van der Waals surface area contributed by atoms with Gasteiger partial charge in [-0.2, -0.15) is 13.2 Å². The van der Waals surface area contributed by atoms with Crippen molar-refractivity contribution in [3.63, 3.8) is 0 Å². The van der Waals surface area contributed by atoms with Crippen molar-refractivity contribution >= 4 is 22.6 Å². The van der Waals surface area contributed by atoms with E-state index < -0.39 is 34.9 Å². The number of halogens is 4. The Morgan fingerprint density at radius 3 is 2.38 bits per heavy atom. The van der Waals surface area contributed by atoms with Crippen LogP contribution in [-0.4, -0.2) is 5.91 Å². The fourth-order valence-electron chi connectivity index (χ4n) is 4.29. The second-order valence-electron chi connectivity index (χ2n) is 8.04. The van der Waals surface area contributed by atoms with Crippen LogP contribution in [0.4, 0.5) is 23.2 Å². The molecule has 0 bridgehead atoms. The van der Waals surface area contributed by atoms with Crippen LogP contribution in [0, 0.1) is 5.82 Å². The van der Waals surface area contributed by atoms with E-state index in [9.17, 15) is 27.2 Å². The molecule has 4 nitrogen and oxygen atoms in total. The van der Waals surface area contributed by atoms with Crippen molar-refractivity contribution in [1.82, 2.24) is 0 Å². The Bertz CT molecular complexity index is 1490.